The first-order chi connectivity index (χ1) is 9.70. The molecule has 0 N–H and O–H groups in total. The van der Waals surface area contributed by atoms with Gasteiger partial charge in [-0.05, 0) is 44.1 Å². The fraction of sp³-hybridized carbons (Fsp3) is 0.588. The fourth-order valence-electron chi connectivity index (χ4n) is 2.67. The summed E-state index contributed by atoms with van der Waals surface area (Å²) in [5.41, 5.74) is 0.879. The zero-order chi connectivity index (χ0) is 14.4. The van der Waals surface area contributed by atoms with Crippen LogP contribution in [0.15, 0.2) is 30.3 Å². The van der Waals surface area contributed by atoms with Crippen molar-refractivity contribution in [3.8, 4) is 0 Å². The van der Waals surface area contributed by atoms with Gasteiger partial charge in [-0.15, -0.1) is 0 Å². The predicted molar refractivity (Wildman–Crippen MR) is 78.3 cm³/mol. The van der Waals surface area contributed by atoms with Crippen LogP contribution in [0.25, 0.3) is 0 Å². The van der Waals surface area contributed by atoms with Crippen molar-refractivity contribution in [1.29, 1.82) is 0 Å². The van der Waals surface area contributed by atoms with Gasteiger partial charge in [-0.1, -0.05) is 37.3 Å². The van der Waals surface area contributed by atoms with E-state index in [0.717, 1.165) is 24.3 Å². The Morgan fingerprint density at radius 1 is 1.20 bits per heavy atom. The van der Waals surface area contributed by atoms with Crippen molar-refractivity contribution in [2.24, 2.45) is 5.92 Å². The molecule has 1 atom stereocenters. The molecule has 1 aliphatic rings. The van der Waals surface area contributed by atoms with Gasteiger partial charge < -0.3 is 9.47 Å². The van der Waals surface area contributed by atoms with Gasteiger partial charge in [-0.3, -0.25) is 0 Å². The first-order valence-electron chi connectivity index (χ1n) is 7.57. The Morgan fingerprint density at radius 2 is 1.85 bits per heavy atom. The number of ether oxygens (including phenoxy) is 2. The topological polar surface area (TPSA) is 35.5 Å². The third-order valence-corrected chi connectivity index (χ3v) is 3.89. The van der Waals surface area contributed by atoms with Crippen LogP contribution in [0.5, 0.6) is 0 Å². The third kappa shape index (κ3) is 4.07. The minimum absolute atomic E-state index is 0.167. The maximum Gasteiger partial charge on any atom is 0.339 e. The number of hydrogen-bond acceptors (Lipinski definition) is 3. The maximum atomic E-state index is 12.1. The average molecular weight is 276 g/mol. The van der Waals surface area contributed by atoms with Crippen molar-refractivity contribution >= 4 is 5.97 Å². The number of hydrogen-bond donors (Lipinski definition) is 0. The standard InChI is InChI=1S/C17H24O3/c1-3-19-17(18)16(14-7-5-4-6-8-14)20-15-11-9-13(2)10-12-15/h4-8,13,15-16H,3,9-12H2,1-2H3. The van der Waals surface area contributed by atoms with Crippen molar-refractivity contribution in [3.05, 3.63) is 35.9 Å². The Hall–Kier alpha value is -1.35. The van der Waals surface area contributed by atoms with Crippen molar-refractivity contribution < 1.29 is 14.3 Å². The minimum Gasteiger partial charge on any atom is -0.464 e. The SMILES string of the molecule is CCOC(=O)C(OC1CCC(C)CC1)c1ccccc1. The second-order valence-electron chi connectivity index (χ2n) is 5.56. The Labute approximate surface area is 121 Å². The molecule has 0 amide bonds. The molecular formula is C17H24O3. The molecule has 0 spiro atoms. The average Bonchev–Trinajstić information content (AvgIpc) is 2.48. The first-order valence-corrected chi connectivity index (χ1v) is 7.57. The van der Waals surface area contributed by atoms with Gasteiger partial charge in [0.1, 0.15) is 0 Å². The van der Waals surface area contributed by atoms with Crippen LogP contribution < -0.4 is 0 Å². The predicted octanol–water partition coefficient (Wildman–Crippen LogP) is 3.89. The van der Waals surface area contributed by atoms with E-state index >= 15 is 0 Å². The molecule has 1 aromatic rings. The van der Waals surface area contributed by atoms with E-state index in [-0.39, 0.29) is 12.1 Å². The van der Waals surface area contributed by atoms with Crippen LogP contribution in [-0.4, -0.2) is 18.7 Å². The molecule has 0 bridgehead atoms. The molecule has 0 saturated heterocycles. The largest absolute Gasteiger partial charge is 0.464 e. The van der Waals surface area contributed by atoms with Crippen molar-refractivity contribution in [2.45, 2.75) is 51.7 Å². The van der Waals surface area contributed by atoms with Gasteiger partial charge in [0.05, 0.1) is 12.7 Å². The molecule has 20 heavy (non-hydrogen) atoms. The molecule has 2 rings (SSSR count). The quantitative estimate of drug-likeness (QED) is 0.765. The lowest BCUT2D eigenvalue weighted by molar-refractivity contribution is -0.162. The van der Waals surface area contributed by atoms with Crippen LogP contribution in [0.3, 0.4) is 0 Å². The van der Waals surface area contributed by atoms with Crippen LogP contribution in [0.4, 0.5) is 0 Å². The molecular weight excluding hydrogens is 252 g/mol. The molecule has 3 nitrogen and oxygen atoms in total. The van der Waals surface area contributed by atoms with Gasteiger partial charge in [-0.2, -0.15) is 0 Å². The van der Waals surface area contributed by atoms with Crippen LogP contribution in [0.2, 0.25) is 0 Å². The highest BCUT2D eigenvalue weighted by atomic mass is 16.6. The summed E-state index contributed by atoms with van der Waals surface area (Å²) in [7, 11) is 0. The number of carbonyl (C=O) groups excluding carboxylic acids is 1. The number of carbonyl (C=O) groups is 1. The Balaban J connectivity index is 2.05. The van der Waals surface area contributed by atoms with E-state index in [0.29, 0.717) is 6.61 Å². The van der Waals surface area contributed by atoms with Gasteiger partial charge in [-0.25, -0.2) is 4.79 Å². The molecule has 1 fully saturated rings. The number of esters is 1. The number of benzene rings is 1. The van der Waals surface area contributed by atoms with E-state index in [9.17, 15) is 4.79 Å². The lowest BCUT2D eigenvalue weighted by Gasteiger charge is -2.29. The van der Waals surface area contributed by atoms with E-state index in [2.05, 4.69) is 6.92 Å². The summed E-state index contributed by atoms with van der Waals surface area (Å²) in [4.78, 5) is 12.1. The highest BCUT2D eigenvalue weighted by molar-refractivity contribution is 5.76. The maximum absolute atomic E-state index is 12.1. The molecule has 3 heteroatoms. The normalized spacial score (nSPS) is 24.1. The highest BCUT2D eigenvalue weighted by Gasteiger charge is 2.28. The summed E-state index contributed by atoms with van der Waals surface area (Å²) >= 11 is 0. The molecule has 0 aromatic heterocycles. The summed E-state index contributed by atoms with van der Waals surface area (Å²) in [5.74, 6) is 0.491. The van der Waals surface area contributed by atoms with E-state index in [1.165, 1.54) is 12.8 Å². The molecule has 0 heterocycles. The molecule has 1 unspecified atom stereocenters. The third-order valence-electron chi connectivity index (χ3n) is 3.89. The lowest BCUT2D eigenvalue weighted by atomic mass is 9.89. The van der Waals surface area contributed by atoms with Crippen LogP contribution in [0, 0.1) is 5.92 Å². The molecule has 110 valence electrons. The summed E-state index contributed by atoms with van der Waals surface area (Å²) in [6.07, 6.45) is 3.99. The number of rotatable bonds is 5. The van der Waals surface area contributed by atoms with Gasteiger partial charge in [0.25, 0.3) is 0 Å². The Morgan fingerprint density at radius 3 is 2.45 bits per heavy atom. The minimum atomic E-state index is -0.588. The molecule has 1 aliphatic carbocycles. The second-order valence-corrected chi connectivity index (χ2v) is 5.56. The van der Waals surface area contributed by atoms with Crippen molar-refractivity contribution in [3.63, 3.8) is 0 Å². The monoisotopic (exact) mass is 276 g/mol. The second kappa shape index (κ2) is 7.44. The lowest BCUT2D eigenvalue weighted by Crippen LogP contribution is -2.27. The van der Waals surface area contributed by atoms with Crippen LogP contribution >= 0.6 is 0 Å². The van der Waals surface area contributed by atoms with E-state index in [1.54, 1.807) is 0 Å². The van der Waals surface area contributed by atoms with Gasteiger partial charge in [0.2, 0.25) is 0 Å². The van der Waals surface area contributed by atoms with Gasteiger partial charge in [0.15, 0.2) is 6.10 Å². The summed E-state index contributed by atoms with van der Waals surface area (Å²) in [6, 6.07) is 9.63. The summed E-state index contributed by atoms with van der Waals surface area (Å²) < 4.78 is 11.2. The van der Waals surface area contributed by atoms with Gasteiger partial charge in [0, 0.05) is 0 Å². The van der Waals surface area contributed by atoms with Crippen LogP contribution in [-0.2, 0) is 14.3 Å². The molecule has 1 saturated carbocycles. The zero-order valence-electron chi connectivity index (χ0n) is 12.4. The first kappa shape index (κ1) is 15.0. The summed E-state index contributed by atoms with van der Waals surface area (Å²) in [6.45, 7) is 4.48. The smallest absolute Gasteiger partial charge is 0.339 e. The molecule has 1 aromatic carbocycles. The molecule has 0 radical (unpaired) electrons. The van der Waals surface area contributed by atoms with E-state index in [1.807, 2.05) is 37.3 Å². The Kier molecular flexibility index (Phi) is 5.60. The summed E-state index contributed by atoms with van der Waals surface area (Å²) in [5, 5.41) is 0. The zero-order valence-corrected chi connectivity index (χ0v) is 12.4. The van der Waals surface area contributed by atoms with Crippen LogP contribution in [0.1, 0.15) is 51.2 Å². The van der Waals surface area contributed by atoms with E-state index in [4.69, 9.17) is 9.47 Å². The fourth-order valence-corrected chi connectivity index (χ4v) is 2.67. The highest BCUT2D eigenvalue weighted by Crippen LogP contribution is 2.30. The van der Waals surface area contributed by atoms with E-state index < -0.39 is 6.10 Å². The molecule has 0 aliphatic heterocycles. The van der Waals surface area contributed by atoms with Crippen molar-refractivity contribution in [2.75, 3.05) is 6.61 Å². The Bertz CT molecular complexity index is 408. The van der Waals surface area contributed by atoms with Gasteiger partial charge >= 0.3 is 5.97 Å². The van der Waals surface area contributed by atoms with Crippen molar-refractivity contribution in [1.82, 2.24) is 0 Å².